The second kappa shape index (κ2) is 9.30. The smallest absolute Gasteiger partial charge is 0.272 e. The molecule has 8 nitrogen and oxygen atoms in total. The molecule has 4 atom stereocenters. The van der Waals surface area contributed by atoms with Gasteiger partial charge < -0.3 is 0 Å². The summed E-state index contributed by atoms with van der Waals surface area (Å²) in [4.78, 5) is 50.5. The molecule has 3 amide bonds. The number of nitrogens with zero attached hydrogens (tertiary/aromatic N) is 3. The van der Waals surface area contributed by atoms with Crippen molar-refractivity contribution in [2.45, 2.75) is 29.0 Å². The number of nitro benzene ring substituents is 1. The Morgan fingerprint density at radius 2 is 1.67 bits per heavy atom. The molecule has 0 aromatic heterocycles. The van der Waals surface area contributed by atoms with E-state index < -0.39 is 40.3 Å². The Kier molecular flexibility index (Phi) is 6.62. The number of halogens is 3. The van der Waals surface area contributed by atoms with Crippen molar-refractivity contribution >= 4 is 55.3 Å². The Morgan fingerprint density at radius 1 is 1.06 bits per heavy atom. The molecule has 1 aliphatic heterocycles. The predicted molar refractivity (Wildman–Crippen MR) is 123 cm³/mol. The van der Waals surface area contributed by atoms with Gasteiger partial charge >= 0.3 is 0 Å². The lowest BCUT2D eigenvalue weighted by Gasteiger charge is -2.30. The van der Waals surface area contributed by atoms with Crippen LogP contribution in [0.25, 0.3) is 0 Å². The topological polar surface area (TPSA) is 101 Å². The van der Waals surface area contributed by atoms with Crippen LogP contribution in [-0.4, -0.2) is 42.3 Å². The van der Waals surface area contributed by atoms with E-state index in [0.29, 0.717) is 12.8 Å². The van der Waals surface area contributed by atoms with E-state index in [1.165, 1.54) is 36.4 Å². The minimum absolute atomic E-state index is 0.0251. The van der Waals surface area contributed by atoms with E-state index in [1.807, 2.05) is 0 Å². The zero-order valence-corrected chi connectivity index (χ0v) is 20.2. The molecule has 0 bridgehead atoms. The predicted octanol–water partition coefficient (Wildman–Crippen LogP) is 4.21. The molecule has 4 rings (SSSR count). The standard InChI is InChI=1S/C22H18Br2FN3O5/c23-17-9-15-16(10-18(17)24)22(31)27(21(15)30)26(11-13-4-1-2-7-19(13)25)20(29)12-5-3-6-14(8-12)28(32)33/h1-8,15-18H,9-11H2/t15-,16-,17+,18+/m1/s1. The summed E-state index contributed by atoms with van der Waals surface area (Å²) < 4.78 is 14.4. The fourth-order valence-corrected chi connectivity index (χ4v) is 5.48. The number of amides is 3. The van der Waals surface area contributed by atoms with Crippen molar-refractivity contribution in [3.05, 3.63) is 75.6 Å². The summed E-state index contributed by atoms with van der Waals surface area (Å²) in [6.07, 6.45) is 0.806. The number of alkyl halides is 2. The lowest BCUT2D eigenvalue weighted by Crippen LogP contribution is -2.50. The van der Waals surface area contributed by atoms with E-state index in [0.717, 1.165) is 16.1 Å². The summed E-state index contributed by atoms with van der Waals surface area (Å²) in [7, 11) is 0. The van der Waals surface area contributed by atoms with E-state index in [4.69, 9.17) is 0 Å². The van der Waals surface area contributed by atoms with E-state index in [1.54, 1.807) is 6.07 Å². The molecule has 0 N–H and O–H groups in total. The van der Waals surface area contributed by atoms with Crippen molar-refractivity contribution < 1.29 is 23.7 Å². The SMILES string of the molecule is O=C(c1cccc([N+](=O)[O-])c1)N(Cc1ccccc1F)N1C(=O)[C@@H]2C[C@H](Br)[C@@H](Br)C[C@H]2C1=O. The zero-order chi connectivity index (χ0) is 23.9. The molecule has 2 aliphatic rings. The molecule has 1 saturated carbocycles. The van der Waals surface area contributed by atoms with Crippen LogP contribution >= 0.6 is 31.9 Å². The van der Waals surface area contributed by atoms with E-state index in [2.05, 4.69) is 31.9 Å². The molecule has 0 unspecified atom stereocenters. The Labute approximate surface area is 205 Å². The number of carbonyl (C=O) groups excluding carboxylic acids is 3. The van der Waals surface area contributed by atoms with Crippen LogP contribution in [0.2, 0.25) is 0 Å². The summed E-state index contributed by atoms with van der Waals surface area (Å²) in [5, 5.41) is 12.9. The maximum Gasteiger partial charge on any atom is 0.273 e. The summed E-state index contributed by atoms with van der Waals surface area (Å²) in [6.45, 7) is -0.388. The van der Waals surface area contributed by atoms with Crippen molar-refractivity contribution in [3.8, 4) is 0 Å². The zero-order valence-electron chi connectivity index (χ0n) is 17.1. The maximum absolute atomic E-state index is 14.4. The van der Waals surface area contributed by atoms with Crippen molar-refractivity contribution in [3.63, 3.8) is 0 Å². The van der Waals surface area contributed by atoms with Crippen LogP contribution in [0.4, 0.5) is 10.1 Å². The minimum atomic E-state index is -0.812. The summed E-state index contributed by atoms with van der Waals surface area (Å²) >= 11 is 7.04. The highest BCUT2D eigenvalue weighted by Crippen LogP contribution is 2.44. The highest BCUT2D eigenvalue weighted by atomic mass is 79.9. The van der Waals surface area contributed by atoms with Gasteiger partial charge in [-0.1, -0.05) is 56.1 Å². The number of carbonyl (C=O) groups is 3. The Morgan fingerprint density at radius 3 is 2.24 bits per heavy atom. The molecular formula is C22H18Br2FN3O5. The number of fused-ring (bicyclic) bond motifs is 1. The third kappa shape index (κ3) is 4.43. The number of hydrazine groups is 1. The van der Waals surface area contributed by atoms with Crippen LogP contribution in [0.1, 0.15) is 28.8 Å². The first-order valence-electron chi connectivity index (χ1n) is 10.1. The quantitative estimate of drug-likeness (QED) is 0.227. The van der Waals surface area contributed by atoms with Gasteiger partial charge in [0.1, 0.15) is 5.82 Å². The number of benzene rings is 2. The molecule has 2 aromatic carbocycles. The molecule has 2 aromatic rings. The fraction of sp³-hybridized carbons (Fsp3) is 0.318. The molecule has 1 saturated heterocycles. The van der Waals surface area contributed by atoms with Gasteiger partial charge in [-0.2, -0.15) is 5.01 Å². The molecule has 2 fully saturated rings. The molecule has 0 radical (unpaired) electrons. The van der Waals surface area contributed by atoms with Gasteiger partial charge in [0.2, 0.25) is 0 Å². The Hall–Kier alpha value is -2.66. The molecule has 33 heavy (non-hydrogen) atoms. The number of hydrogen-bond donors (Lipinski definition) is 0. The van der Waals surface area contributed by atoms with E-state index in [9.17, 15) is 28.9 Å². The van der Waals surface area contributed by atoms with Gasteiger partial charge in [-0.15, -0.1) is 0 Å². The number of rotatable bonds is 5. The lowest BCUT2D eigenvalue weighted by atomic mass is 9.81. The van der Waals surface area contributed by atoms with Gasteiger partial charge in [-0.25, -0.2) is 9.40 Å². The van der Waals surface area contributed by atoms with Crippen LogP contribution < -0.4 is 0 Å². The molecule has 1 heterocycles. The molecule has 172 valence electrons. The molecular weight excluding hydrogens is 565 g/mol. The third-order valence-electron chi connectivity index (χ3n) is 5.95. The van der Waals surface area contributed by atoms with Crippen molar-refractivity contribution in [2.24, 2.45) is 11.8 Å². The van der Waals surface area contributed by atoms with Gasteiger partial charge in [-0.3, -0.25) is 24.5 Å². The van der Waals surface area contributed by atoms with Crippen molar-refractivity contribution in [1.82, 2.24) is 10.0 Å². The summed E-state index contributed by atoms with van der Waals surface area (Å²) in [6, 6.07) is 10.7. The first kappa shape index (κ1) is 23.5. The normalized spacial score (nSPS) is 24.5. The highest BCUT2D eigenvalue weighted by Gasteiger charge is 2.54. The van der Waals surface area contributed by atoms with Crippen LogP contribution in [0.5, 0.6) is 0 Å². The first-order chi connectivity index (χ1) is 15.7. The average Bonchev–Trinajstić information content (AvgIpc) is 3.02. The Bertz CT molecular complexity index is 1120. The fourth-order valence-electron chi connectivity index (χ4n) is 4.24. The first-order valence-corrected chi connectivity index (χ1v) is 12.0. The second-order valence-electron chi connectivity index (χ2n) is 7.97. The summed E-state index contributed by atoms with van der Waals surface area (Å²) in [5.41, 5.74) is -0.306. The number of hydrogen-bond acceptors (Lipinski definition) is 5. The largest absolute Gasteiger partial charge is 0.273 e. The second-order valence-corrected chi connectivity index (χ2v) is 10.3. The van der Waals surface area contributed by atoms with E-state index >= 15 is 0 Å². The van der Waals surface area contributed by atoms with Gasteiger partial charge in [0.25, 0.3) is 23.4 Å². The van der Waals surface area contributed by atoms with Gasteiger partial charge in [0.15, 0.2) is 0 Å². The molecule has 1 aliphatic carbocycles. The number of nitro groups is 1. The average molecular weight is 583 g/mol. The van der Waals surface area contributed by atoms with Gasteiger partial charge in [-0.05, 0) is 25.0 Å². The minimum Gasteiger partial charge on any atom is -0.272 e. The molecule has 11 heteroatoms. The lowest BCUT2D eigenvalue weighted by molar-refractivity contribution is -0.384. The monoisotopic (exact) mass is 581 g/mol. The molecule has 0 spiro atoms. The number of non-ortho nitro benzene ring substituents is 1. The van der Waals surface area contributed by atoms with Crippen molar-refractivity contribution in [2.75, 3.05) is 0 Å². The van der Waals surface area contributed by atoms with Crippen LogP contribution in [0, 0.1) is 27.8 Å². The third-order valence-corrected chi connectivity index (χ3v) is 8.68. The van der Waals surface area contributed by atoms with Gasteiger partial charge in [0, 0.05) is 32.9 Å². The Balaban J connectivity index is 1.75. The maximum atomic E-state index is 14.4. The van der Waals surface area contributed by atoms with Crippen LogP contribution in [0.15, 0.2) is 48.5 Å². The summed E-state index contributed by atoms with van der Waals surface area (Å²) in [5.74, 6) is -3.72. The van der Waals surface area contributed by atoms with Crippen molar-refractivity contribution in [1.29, 1.82) is 0 Å². The van der Waals surface area contributed by atoms with Gasteiger partial charge in [0.05, 0.1) is 23.3 Å². The van der Waals surface area contributed by atoms with E-state index in [-0.39, 0.29) is 33.0 Å². The van der Waals surface area contributed by atoms with Crippen LogP contribution in [-0.2, 0) is 16.1 Å². The number of imide groups is 1. The van der Waals surface area contributed by atoms with Crippen LogP contribution in [0.3, 0.4) is 0 Å². The highest BCUT2D eigenvalue weighted by molar-refractivity contribution is 9.12.